The summed E-state index contributed by atoms with van der Waals surface area (Å²) in [4.78, 5) is 63.9. The van der Waals surface area contributed by atoms with Crippen molar-refractivity contribution in [3.63, 3.8) is 0 Å². The molecule has 2 amide bonds. The van der Waals surface area contributed by atoms with Crippen LogP contribution in [-0.4, -0.2) is 215 Å². The molecule has 4 atom stereocenters. The second-order valence-corrected chi connectivity index (χ2v) is 23.4. The first kappa shape index (κ1) is 63.2. The molecule has 3 aromatic heterocycles. The van der Waals surface area contributed by atoms with E-state index in [-0.39, 0.29) is 43.0 Å². The van der Waals surface area contributed by atoms with Crippen molar-refractivity contribution < 1.29 is 47.1 Å². The lowest BCUT2D eigenvalue weighted by Crippen LogP contribution is -2.55. The van der Waals surface area contributed by atoms with Gasteiger partial charge in [-0.2, -0.15) is 25.2 Å². The average Bonchev–Trinajstić information content (AvgIpc) is 1.72. The normalized spacial score (nSPS) is 19.8. The molecular weight excluding hydrogens is 1160 g/mol. The van der Waals surface area contributed by atoms with E-state index in [4.69, 9.17) is 69.7 Å². The van der Waals surface area contributed by atoms with Gasteiger partial charge in [0.2, 0.25) is 5.95 Å². The summed E-state index contributed by atoms with van der Waals surface area (Å²) in [6, 6.07) is 25.8. The summed E-state index contributed by atoms with van der Waals surface area (Å²) in [5, 5.41) is 16.3. The van der Waals surface area contributed by atoms with Crippen LogP contribution in [0.25, 0.3) is 33.1 Å². The number of ether oxygens (including phenoxy) is 7. The zero-order valence-corrected chi connectivity index (χ0v) is 51.6. The smallest absolute Gasteiger partial charge is 0.318 e. The van der Waals surface area contributed by atoms with Gasteiger partial charge in [0, 0.05) is 86.2 Å². The van der Waals surface area contributed by atoms with Gasteiger partial charge >= 0.3 is 6.01 Å². The molecule has 0 saturated carbocycles. The maximum absolute atomic E-state index is 14.1. The molecule has 3 aromatic carbocycles. The van der Waals surface area contributed by atoms with Crippen LogP contribution in [0, 0.1) is 11.3 Å². The number of amides is 2. The Bertz CT molecular complexity index is 3490. The number of rotatable bonds is 26. The molecule has 0 bridgehead atoms. The summed E-state index contributed by atoms with van der Waals surface area (Å²) in [5.41, 5.74) is 5.46. The Balaban J connectivity index is 0.587. The van der Waals surface area contributed by atoms with E-state index in [1.165, 1.54) is 4.90 Å². The molecule has 11 rings (SSSR count). The monoisotopic (exact) mass is 1240 g/mol. The van der Waals surface area contributed by atoms with Crippen LogP contribution in [0.4, 0.5) is 27.7 Å². The van der Waals surface area contributed by atoms with Crippen molar-refractivity contribution in [3.8, 4) is 23.3 Å². The average molecular weight is 1240 g/mol. The number of carbonyl (C=O) groups excluding carboxylic acids is 2. The summed E-state index contributed by atoms with van der Waals surface area (Å²) >= 11 is 6.80. The number of benzene rings is 3. The second-order valence-electron chi connectivity index (χ2n) is 23.0. The van der Waals surface area contributed by atoms with Gasteiger partial charge in [-0.3, -0.25) is 14.5 Å². The van der Waals surface area contributed by atoms with Crippen molar-refractivity contribution in [2.45, 2.75) is 70.2 Å². The Morgan fingerprint density at radius 2 is 1.51 bits per heavy atom. The first-order valence-corrected chi connectivity index (χ1v) is 31.4. The lowest BCUT2D eigenvalue weighted by molar-refractivity contribution is -0.131. The highest BCUT2D eigenvalue weighted by atomic mass is 35.5. The third-order valence-corrected chi connectivity index (χ3v) is 17.4. The fraction of sp³-hybridized carbons (Fsp3) is 0.508. The number of nitrogens with zero attached hydrogens (tertiary/aromatic N) is 12. The van der Waals surface area contributed by atoms with Crippen molar-refractivity contribution in [1.29, 1.82) is 5.26 Å². The minimum Gasteiger partial charge on any atom is -0.462 e. The number of aromatic nitrogens is 5. The molecule has 22 nitrogen and oxygen atoms in total. The third kappa shape index (κ3) is 15.4. The molecule has 0 radical (unpaired) electrons. The summed E-state index contributed by atoms with van der Waals surface area (Å²) in [6.07, 6.45) is 2.66. The highest BCUT2D eigenvalue weighted by Crippen LogP contribution is 2.38. The minimum atomic E-state index is -1.04. The Morgan fingerprint density at radius 1 is 0.775 bits per heavy atom. The van der Waals surface area contributed by atoms with Gasteiger partial charge in [-0.05, 0) is 81.4 Å². The van der Waals surface area contributed by atoms with Gasteiger partial charge in [0.1, 0.15) is 18.2 Å². The standard InChI is InChI=1S/C65H79ClFN13O9/c1-44-41-87-30-26-78(44)61-53-15-16-55(70-59(53)72-64(73-61)79-27-31-88-42-45(79)2)48-10-4-11-49(38-48)62(81)69-20-28-83-32-34-85-36-37-86-35-33-84-29-25-75-21-7-12-51(75)43-89-65-71-56-40-76(57-14-6-9-47-8-5-13-54(66)58(47)57)22-18-52(56)60(74-65)77-23-24-80(63(82)46(3)67)50(39-77)17-19-68/h4-6,8-11,13-16,38,44-45,50-51H,3,7,12,17-18,20-37,39-43H2,1-2H3,(H,69,81)/t44-,45-,50+,51+/m1/s1. The number of hydrogen-bond donors (Lipinski definition) is 1. The number of morpholine rings is 2. The van der Waals surface area contributed by atoms with E-state index in [9.17, 15) is 19.2 Å². The molecule has 0 spiro atoms. The van der Waals surface area contributed by atoms with Gasteiger partial charge in [-0.1, -0.05) is 54.6 Å². The Morgan fingerprint density at radius 3 is 2.26 bits per heavy atom. The fourth-order valence-corrected chi connectivity index (χ4v) is 12.7. The van der Waals surface area contributed by atoms with E-state index < -0.39 is 17.8 Å². The van der Waals surface area contributed by atoms with Gasteiger partial charge in [-0.15, -0.1) is 0 Å². The van der Waals surface area contributed by atoms with Crippen LogP contribution in [0.15, 0.2) is 85.2 Å². The van der Waals surface area contributed by atoms with Gasteiger partial charge in [0.05, 0.1) is 138 Å². The molecule has 4 fully saturated rings. The van der Waals surface area contributed by atoms with E-state index in [0.717, 1.165) is 77.0 Å². The molecule has 5 aliphatic rings. The molecule has 0 aliphatic carbocycles. The molecule has 89 heavy (non-hydrogen) atoms. The number of pyridine rings is 1. The number of nitrogens with one attached hydrogen (secondary N) is 1. The number of piperazine rings is 1. The number of fused-ring (bicyclic) bond motifs is 3. The highest BCUT2D eigenvalue weighted by Gasteiger charge is 2.36. The largest absolute Gasteiger partial charge is 0.462 e. The van der Waals surface area contributed by atoms with E-state index in [1.807, 2.05) is 48.5 Å². The van der Waals surface area contributed by atoms with Crippen LogP contribution in [-0.2, 0) is 46.2 Å². The van der Waals surface area contributed by atoms with Crippen LogP contribution in [0.3, 0.4) is 0 Å². The molecule has 5 aliphatic heterocycles. The number of nitriles is 1. The molecule has 1 N–H and O–H groups in total. The molecular formula is C65H79ClFN13O9. The molecule has 8 heterocycles. The summed E-state index contributed by atoms with van der Waals surface area (Å²) < 4.78 is 55.3. The first-order chi connectivity index (χ1) is 43.5. The van der Waals surface area contributed by atoms with E-state index in [1.54, 1.807) is 6.07 Å². The number of anilines is 4. The quantitative estimate of drug-likeness (QED) is 0.0425. The van der Waals surface area contributed by atoms with Crippen LogP contribution < -0.4 is 29.7 Å². The van der Waals surface area contributed by atoms with Crippen molar-refractivity contribution in [2.24, 2.45) is 0 Å². The summed E-state index contributed by atoms with van der Waals surface area (Å²) in [6.45, 7) is 19.2. The second kappa shape index (κ2) is 30.4. The van der Waals surface area contributed by atoms with Crippen LogP contribution in [0.2, 0.25) is 5.02 Å². The van der Waals surface area contributed by atoms with Gasteiger partial charge in [-0.25, -0.2) is 9.37 Å². The Labute approximate surface area is 523 Å². The molecule has 0 unspecified atom stereocenters. The number of halogens is 2. The van der Waals surface area contributed by atoms with Gasteiger partial charge in [0.25, 0.3) is 11.8 Å². The lowest BCUT2D eigenvalue weighted by atomic mass is 10.0. The van der Waals surface area contributed by atoms with Gasteiger partial charge < -0.3 is 63.0 Å². The predicted octanol–water partition coefficient (Wildman–Crippen LogP) is 7.05. The molecule has 4 saturated heterocycles. The first-order valence-electron chi connectivity index (χ1n) is 31.0. The van der Waals surface area contributed by atoms with Crippen LogP contribution in [0.1, 0.15) is 54.7 Å². The maximum atomic E-state index is 14.1. The highest BCUT2D eigenvalue weighted by molar-refractivity contribution is 6.36. The predicted molar refractivity (Wildman–Crippen MR) is 338 cm³/mol. The van der Waals surface area contributed by atoms with Crippen LogP contribution >= 0.6 is 11.6 Å². The van der Waals surface area contributed by atoms with Gasteiger partial charge in [0.15, 0.2) is 11.5 Å². The minimum absolute atomic E-state index is 0.0359. The van der Waals surface area contributed by atoms with E-state index in [0.29, 0.717) is 165 Å². The van der Waals surface area contributed by atoms with E-state index in [2.05, 4.69) is 74.5 Å². The SMILES string of the molecule is C=C(F)C(=O)N1CCN(c2nc(OC[C@@H]3CCCN3CCOCCOCCOCCOCCNC(=O)c3cccc(-c4ccc5c(N6CCOC[C@H]6C)nc(N6CCOC[C@H]6C)nc5n4)c3)nc3c2CCN(c2cccc4cccc(Cl)c24)C3)C[C@@H]1CC#N. The van der Waals surface area contributed by atoms with Crippen molar-refractivity contribution >= 4 is 68.5 Å². The Kier molecular flexibility index (Phi) is 21.6. The summed E-state index contributed by atoms with van der Waals surface area (Å²) in [7, 11) is 0. The number of likely N-dealkylation sites (tertiary alicyclic amines) is 1. The zero-order valence-electron chi connectivity index (χ0n) is 50.8. The maximum Gasteiger partial charge on any atom is 0.318 e. The molecule has 6 aromatic rings. The Hall–Kier alpha value is -7.40. The lowest BCUT2D eigenvalue weighted by Gasteiger charge is -2.42. The van der Waals surface area contributed by atoms with Crippen molar-refractivity contribution in [1.82, 2.24) is 40.0 Å². The van der Waals surface area contributed by atoms with Crippen molar-refractivity contribution in [3.05, 3.63) is 107 Å². The molecule has 472 valence electrons. The third-order valence-electron chi connectivity index (χ3n) is 17.1. The fourth-order valence-electron chi connectivity index (χ4n) is 12.4. The number of hydrogen-bond acceptors (Lipinski definition) is 20. The van der Waals surface area contributed by atoms with E-state index >= 15 is 0 Å². The van der Waals surface area contributed by atoms with Crippen molar-refractivity contribution in [2.75, 3.05) is 164 Å². The zero-order chi connectivity index (χ0) is 61.6. The molecule has 24 heteroatoms. The summed E-state index contributed by atoms with van der Waals surface area (Å²) in [5.74, 6) is 0.137. The number of carbonyl (C=O) groups is 2. The van der Waals surface area contributed by atoms with Crippen LogP contribution in [0.5, 0.6) is 6.01 Å². The topological polar surface area (TPSA) is 218 Å².